The molecule has 0 spiro atoms. The van der Waals surface area contributed by atoms with Crippen molar-refractivity contribution in [2.24, 2.45) is 0 Å². The second-order valence-electron chi connectivity index (χ2n) is 9.72. The van der Waals surface area contributed by atoms with Gasteiger partial charge in [-0.15, -0.1) is 0 Å². The summed E-state index contributed by atoms with van der Waals surface area (Å²) in [5.41, 5.74) is 2.15. The SMILES string of the molecule is CC(C)(C)c1ccc(O)c(P(c2cccc(Cl)c2)c2cc(C(C)(C)C)ccc2O)c1. The molecule has 3 aromatic rings. The zero-order valence-corrected chi connectivity index (χ0v) is 20.1. The van der Waals surface area contributed by atoms with Crippen LogP contribution < -0.4 is 15.9 Å². The third-order valence-electron chi connectivity index (χ3n) is 5.23. The van der Waals surface area contributed by atoms with Gasteiger partial charge in [-0.05, 0) is 71.6 Å². The minimum atomic E-state index is -1.22. The van der Waals surface area contributed by atoms with Crippen LogP contribution in [0.25, 0.3) is 0 Å². The van der Waals surface area contributed by atoms with Gasteiger partial charge in [-0.3, -0.25) is 0 Å². The average Bonchev–Trinajstić information content (AvgIpc) is 2.63. The van der Waals surface area contributed by atoms with Crippen molar-refractivity contribution in [1.82, 2.24) is 0 Å². The predicted octanol–water partition coefficient (Wildman–Crippen LogP) is 6.10. The van der Waals surface area contributed by atoms with Crippen LogP contribution in [0.5, 0.6) is 11.5 Å². The zero-order valence-electron chi connectivity index (χ0n) is 18.5. The van der Waals surface area contributed by atoms with Crippen LogP contribution in [0.4, 0.5) is 0 Å². The van der Waals surface area contributed by atoms with Crippen molar-refractivity contribution < 1.29 is 10.2 Å². The Balaban J connectivity index is 2.32. The van der Waals surface area contributed by atoms with E-state index in [0.717, 1.165) is 27.0 Å². The topological polar surface area (TPSA) is 40.5 Å². The number of halogens is 1. The summed E-state index contributed by atoms with van der Waals surface area (Å²) < 4.78 is 0. The van der Waals surface area contributed by atoms with Crippen LogP contribution in [-0.4, -0.2) is 10.2 Å². The van der Waals surface area contributed by atoms with Crippen molar-refractivity contribution in [1.29, 1.82) is 0 Å². The number of aromatic hydroxyl groups is 2. The first-order valence-electron chi connectivity index (χ1n) is 10.1. The fourth-order valence-corrected chi connectivity index (χ4v) is 6.09. The fraction of sp³-hybridized carbons (Fsp3) is 0.308. The van der Waals surface area contributed by atoms with Crippen LogP contribution in [0.1, 0.15) is 52.7 Å². The van der Waals surface area contributed by atoms with Gasteiger partial charge in [0.05, 0.1) is 0 Å². The summed E-state index contributed by atoms with van der Waals surface area (Å²) in [5.74, 6) is 0.462. The van der Waals surface area contributed by atoms with E-state index in [1.54, 1.807) is 12.1 Å². The summed E-state index contributed by atoms with van der Waals surface area (Å²) in [6, 6.07) is 19.3. The van der Waals surface area contributed by atoms with E-state index >= 15 is 0 Å². The van der Waals surface area contributed by atoms with E-state index in [1.807, 2.05) is 36.4 Å². The van der Waals surface area contributed by atoms with Crippen molar-refractivity contribution in [3.63, 3.8) is 0 Å². The van der Waals surface area contributed by atoms with Gasteiger partial charge in [-0.2, -0.15) is 0 Å². The lowest BCUT2D eigenvalue weighted by molar-refractivity contribution is 0.478. The quantitative estimate of drug-likeness (QED) is 0.483. The highest BCUT2D eigenvalue weighted by Gasteiger charge is 2.27. The number of phenolic OH excluding ortho intramolecular Hbond substituents is 2. The average molecular weight is 441 g/mol. The highest BCUT2D eigenvalue weighted by molar-refractivity contribution is 7.80. The Morgan fingerprint density at radius 2 is 1.13 bits per heavy atom. The Morgan fingerprint density at radius 1 is 0.667 bits per heavy atom. The molecular weight excluding hydrogens is 411 g/mol. The van der Waals surface area contributed by atoms with Gasteiger partial charge in [0.1, 0.15) is 11.5 Å². The lowest BCUT2D eigenvalue weighted by Gasteiger charge is -2.27. The summed E-state index contributed by atoms with van der Waals surface area (Å²) in [5, 5.41) is 25.0. The molecule has 4 heteroatoms. The van der Waals surface area contributed by atoms with Gasteiger partial charge < -0.3 is 10.2 Å². The maximum Gasteiger partial charge on any atom is 0.123 e. The smallest absolute Gasteiger partial charge is 0.123 e. The summed E-state index contributed by atoms with van der Waals surface area (Å²) in [7, 11) is -1.22. The van der Waals surface area contributed by atoms with E-state index in [-0.39, 0.29) is 22.3 Å². The van der Waals surface area contributed by atoms with E-state index in [0.29, 0.717) is 5.02 Å². The van der Waals surface area contributed by atoms with Gasteiger partial charge in [-0.25, -0.2) is 0 Å². The van der Waals surface area contributed by atoms with Crippen LogP contribution >= 0.6 is 19.5 Å². The predicted molar refractivity (Wildman–Crippen MR) is 131 cm³/mol. The summed E-state index contributed by atoms with van der Waals surface area (Å²) in [4.78, 5) is 0. The van der Waals surface area contributed by atoms with E-state index in [9.17, 15) is 10.2 Å². The Hall–Kier alpha value is -2.02. The van der Waals surface area contributed by atoms with Crippen LogP contribution in [-0.2, 0) is 10.8 Å². The molecule has 0 fully saturated rings. The molecule has 0 radical (unpaired) electrons. The lowest BCUT2D eigenvalue weighted by Crippen LogP contribution is -2.24. The first-order chi connectivity index (χ1) is 13.9. The number of hydrogen-bond acceptors (Lipinski definition) is 2. The van der Waals surface area contributed by atoms with Gasteiger partial charge in [0, 0.05) is 15.6 Å². The Labute approximate surface area is 186 Å². The third kappa shape index (κ3) is 4.82. The van der Waals surface area contributed by atoms with Gasteiger partial charge in [0.15, 0.2) is 0 Å². The second kappa shape index (κ2) is 8.25. The molecule has 0 aliphatic carbocycles. The van der Waals surface area contributed by atoms with Crippen molar-refractivity contribution >= 4 is 35.4 Å². The van der Waals surface area contributed by atoms with Crippen molar-refractivity contribution in [2.45, 2.75) is 52.4 Å². The number of benzene rings is 3. The van der Waals surface area contributed by atoms with E-state index in [2.05, 4.69) is 53.7 Å². The van der Waals surface area contributed by atoms with Gasteiger partial charge in [0.2, 0.25) is 0 Å². The standard InChI is InChI=1S/C26H30ClO2P/c1-25(2,3)17-10-12-21(28)23(14-17)30(20-9-7-8-19(27)16-20)24-15-18(26(4,5)6)11-13-22(24)29/h7-16,28-29H,1-6H3. The largest absolute Gasteiger partial charge is 0.507 e. The molecule has 0 atom stereocenters. The molecule has 0 unspecified atom stereocenters. The normalized spacial score (nSPS) is 12.4. The Morgan fingerprint density at radius 3 is 1.53 bits per heavy atom. The molecule has 0 saturated heterocycles. The van der Waals surface area contributed by atoms with E-state index < -0.39 is 7.92 Å². The molecule has 30 heavy (non-hydrogen) atoms. The summed E-state index contributed by atoms with van der Waals surface area (Å²) >= 11 is 6.34. The molecule has 0 bridgehead atoms. The van der Waals surface area contributed by atoms with Crippen molar-refractivity contribution in [3.8, 4) is 11.5 Å². The molecule has 3 rings (SSSR count). The number of rotatable bonds is 3. The van der Waals surface area contributed by atoms with E-state index in [4.69, 9.17) is 11.6 Å². The minimum Gasteiger partial charge on any atom is -0.507 e. The maximum absolute atomic E-state index is 10.9. The lowest BCUT2D eigenvalue weighted by atomic mass is 9.87. The number of hydrogen-bond donors (Lipinski definition) is 2. The second-order valence-corrected chi connectivity index (χ2v) is 12.3. The van der Waals surface area contributed by atoms with E-state index in [1.165, 1.54) is 0 Å². The molecule has 3 aromatic carbocycles. The van der Waals surface area contributed by atoms with Crippen LogP contribution in [0.3, 0.4) is 0 Å². The van der Waals surface area contributed by atoms with Crippen LogP contribution in [0, 0.1) is 0 Å². The molecule has 2 nitrogen and oxygen atoms in total. The van der Waals surface area contributed by atoms with Crippen molar-refractivity contribution in [2.75, 3.05) is 0 Å². The third-order valence-corrected chi connectivity index (χ3v) is 7.94. The molecule has 2 N–H and O–H groups in total. The summed E-state index contributed by atoms with van der Waals surface area (Å²) in [6.45, 7) is 12.9. The first-order valence-corrected chi connectivity index (χ1v) is 11.8. The zero-order chi connectivity index (χ0) is 22.3. The van der Waals surface area contributed by atoms with Crippen LogP contribution in [0.2, 0.25) is 5.02 Å². The monoisotopic (exact) mass is 440 g/mol. The first kappa shape index (κ1) is 22.7. The minimum absolute atomic E-state index is 0.0624. The molecule has 0 amide bonds. The van der Waals surface area contributed by atoms with Gasteiger partial charge >= 0.3 is 0 Å². The maximum atomic E-state index is 10.9. The Bertz CT molecular complexity index is 998. The van der Waals surface area contributed by atoms with Gasteiger partial charge in [-0.1, -0.05) is 77.4 Å². The highest BCUT2D eigenvalue weighted by Crippen LogP contribution is 2.42. The molecule has 0 saturated carbocycles. The summed E-state index contributed by atoms with van der Waals surface area (Å²) in [6.07, 6.45) is 0. The number of phenols is 2. The Kier molecular flexibility index (Phi) is 6.23. The molecular formula is C26H30ClO2P. The van der Waals surface area contributed by atoms with Gasteiger partial charge in [0.25, 0.3) is 0 Å². The molecule has 0 aliphatic rings. The molecule has 158 valence electrons. The highest BCUT2D eigenvalue weighted by atomic mass is 35.5. The molecule has 0 aliphatic heterocycles. The van der Waals surface area contributed by atoms with Crippen molar-refractivity contribution in [3.05, 3.63) is 76.8 Å². The fourth-order valence-electron chi connectivity index (χ4n) is 3.36. The van der Waals surface area contributed by atoms with Crippen LogP contribution in [0.15, 0.2) is 60.7 Å². The molecule has 0 aromatic heterocycles. The molecule has 0 heterocycles.